The molecule has 124 valence electrons. The summed E-state index contributed by atoms with van der Waals surface area (Å²) < 4.78 is 0. The van der Waals surface area contributed by atoms with Gasteiger partial charge in [-0.25, -0.2) is 0 Å². The number of carbonyl (C=O) groups is 1. The molecule has 1 heterocycles. The molecule has 0 fully saturated rings. The summed E-state index contributed by atoms with van der Waals surface area (Å²) >= 11 is 0. The van der Waals surface area contributed by atoms with Crippen LogP contribution >= 0.6 is 0 Å². The second-order valence-electron chi connectivity index (χ2n) is 6.45. The van der Waals surface area contributed by atoms with E-state index in [0.717, 1.165) is 52.0 Å². The number of rotatable bonds is 3. The molecule has 0 unspecified atom stereocenters. The molecule has 0 atom stereocenters. The lowest BCUT2D eigenvalue weighted by Crippen LogP contribution is -1.96. The number of allylic oxidation sites excluding steroid dienone is 4. The zero-order chi connectivity index (χ0) is 17.4. The van der Waals surface area contributed by atoms with Crippen molar-refractivity contribution in [2.24, 2.45) is 5.16 Å². The summed E-state index contributed by atoms with van der Waals surface area (Å²) in [7, 11) is 0. The Hall–Kier alpha value is -3.01. The van der Waals surface area contributed by atoms with Crippen LogP contribution in [0.3, 0.4) is 0 Å². The Bertz CT molecular complexity index is 953. The van der Waals surface area contributed by atoms with Crippen molar-refractivity contribution in [2.75, 3.05) is 0 Å². The Morgan fingerprint density at radius 2 is 1.92 bits per heavy atom. The van der Waals surface area contributed by atoms with E-state index in [2.05, 4.69) is 22.3 Å². The number of nitrogens with zero attached hydrogens (tertiary/aromatic N) is 2. The number of aromatic nitrogens is 1. The highest BCUT2D eigenvalue weighted by Gasteiger charge is 2.24. The van der Waals surface area contributed by atoms with Gasteiger partial charge in [0, 0.05) is 24.4 Å². The van der Waals surface area contributed by atoms with E-state index in [0.29, 0.717) is 6.42 Å². The first-order valence-corrected chi connectivity index (χ1v) is 8.37. The van der Waals surface area contributed by atoms with Gasteiger partial charge in [-0.1, -0.05) is 23.4 Å². The van der Waals surface area contributed by atoms with Crippen LogP contribution in [-0.4, -0.2) is 21.7 Å². The van der Waals surface area contributed by atoms with Gasteiger partial charge in [0.05, 0.1) is 5.71 Å². The fourth-order valence-corrected chi connectivity index (χ4v) is 3.63. The minimum Gasteiger partial charge on any atom is -0.411 e. The highest BCUT2D eigenvalue weighted by atomic mass is 16.4. The van der Waals surface area contributed by atoms with Crippen molar-refractivity contribution in [3.05, 3.63) is 76.6 Å². The van der Waals surface area contributed by atoms with Crippen LogP contribution in [-0.2, 0) is 11.2 Å². The second-order valence-corrected chi connectivity index (χ2v) is 6.45. The molecule has 1 N–H and O–H groups in total. The molecular formula is C21H18N2O2. The number of Topliss-reactive ketones (excluding diaryl/α,β-unsaturated/α-hetero) is 1. The predicted octanol–water partition coefficient (Wildman–Crippen LogP) is 4.04. The quantitative estimate of drug-likeness (QED) is 0.682. The standard InChI is InChI=1S/C21H18N2O2/c1-13(24)17-11-19(14-6-8-22-9-7-14)20(12-17)16-2-4-18-15(10-16)3-5-21(18)23-25/h2,4,6-11,25H,3,5,12H2,1H3/b23-21+. The minimum absolute atomic E-state index is 0.109. The molecule has 2 aliphatic rings. The van der Waals surface area contributed by atoms with Crippen molar-refractivity contribution in [1.82, 2.24) is 4.98 Å². The third-order valence-electron chi connectivity index (χ3n) is 4.97. The molecule has 0 saturated carbocycles. The molecule has 0 bridgehead atoms. The largest absolute Gasteiger partial charge is 0.411 e. The monoisotopic (exact) mass is 330 g/mol. The van der Waals surface area contributed by atoms with Crippen molar-refractivity contribution in [3.63, 3.8) is 0 Å². The number of fused-ring (bicyclic) bond motifs is 1. The number of benzene rings is 1. The maximum Gasteiger partial charge on any atom is 0.156 e. The van der Waals surface area contributed by atoms with Crippen LogP contribution in [0.4, 0.5) is 0 Å². The Morgan fingerprint density at radius 1 is 1.12 bits per heavy atom. The number of ketones is 1. The van der Waals surface area contributed by atoms with E-state index < -0.39 is 0 Å². The Labute approximate surface area is 146 Å². The van der Waals surface area contributed by atoms with Gasteiger partial charge in [0.15, 0.2) is 5.78 Å². The lowest BCUT2D eigenvalue weighted by atomic mass is 9.94. The zero-order valence-electron chi connectivity index (χ0n) is 14.0. The summed E-state index contributed by atoms with van der Waals surface area (Å²) in [6.07, 6.45) is 7.84. The van der Waals surface area contributed by atoms with E-state index in [1.165, 1.54) is 5.56 Å². The molecule has 4 nitrogen and oxygen atoms in total. The Morgan fingerprint density at radius 3 is 2.64 bits per heavy atom. The van der Waals surface area contributed by atoms with Crippen LogP contribution in [0.2, 0.25) is 0 Å². The third kappa shape index (κ3) is 2.70. The summed E-state index contributed by atoms with van der Waals surface area (Å²) in [6, 6.07) is 10.2. The number of hydrogen-bond acceptors (Lipinski definition) is 4. The van der Waals surface area contributed by atoms with Crippen LogP contribution in [0.15, 0.2) is 59.5 Å². The molecule has 0 radical (unpaired) electrons. The van der Waals surface area contributed by atoms with Gasteiger partial charge in [0.2, 0.25) is 0 Å². The van der Waals surface area contributed by atoms with Gasteiger partial charge in [0.1, 0.15) is 0 Å². The molecule has 4 rings (SSSR count). The maximum atomic E-state index is 11.9. The molecule has 2 aliphatic carbocycles. The summed E-state index contributed by atoms with van der Waals surface area (Å²) in [5, 5.41) is 12.5. The van der Waals surface area contributed by atoms with Crippen LogP contribution < -0.4 is 0 Å². The number of oxime groups is 1. The van der Waals surface area contributed by atoms with Gasteiger partial charge < -0.3 is 5.21 Å². The van der Waals surface area contributed by atoms with E-state index in [9.17, 15) is 4.79 Å². The van der Waals surface area contributed by atoms with Crippen molar-refractivity contribution < 1.29 is 10.0 Å². The van der Waals surface area contributed by atoms with Gasteiger partial charge in [-0.05, 0) is 71.4 Å². The molecule has 1 aromatic carbocycles. The Kier molecular flexibility index (Phi) is 3.80. The lowest BCUT2D eigenvalue weighted by molar-refractivity contribution is -0.113. The molecule has 0 spiro atoms. The van der Waals surface area contributed by atoms with Gasteiger partial charge in [-0.15, -0.1) is 0 Å². The molecule has 25 heavy (non-hydrogen) atoms. The second kappa shape index (κ2) is 6.13. The molecule has 0 aliphatic heterocycles. The first-order chi connectivity index (χ1) is 12.2. The van der Waals surface area contributed by atoms with Gasteiger partial charge >= 0.3 is 0 Å². The fraction of sp³-hybridized carbons (Fsp3) is 0.190. The molecule has 4 heteroatoms. The topological polar surface area (TPSA) is 62.5 Å². The highest BCUT2D eigenvalue weighted by molar-refractivity contribution is 6.09. The summed E-state index contributed by atoms with van der Waals surface area (Å²) in [5.74, 6) is 0.109. The van der Waals surface area contributed by atoms with Gasteiger partial charge in [-0.3, -0.25) is 9.78 Å². The van der Waals surface area contributed by atoms with Crippen molar-refractivity contribution in [3.8, 4) is 0 Å². The number of aryl methyl sites for hydroxylation is 1. The lowest BCUT2D eigenvalue weighted by Gasteiger charge is -2.10. The van der Waals surface area contributed by atoms with E-state index in [-0.39, 0.29) is 5.78 Å². The maximum absolute atomic E-state index is 11.9. The summed E-state index contributed by atoms with van der Waals surface area (Å²) in [4.78, 5) is 16.0. The molecular weight excluding hydrogens is 312 g/mol. The van der Waals surface area contributed by atoms with Gasteiger partial charge in [0.25, 0.3) is 0 Å². The van der Waals surface area contributed by atoms with Crippen LogP contribution in [0, 0.1) is 0 Å². The normalized spacial score (nSPS) is 17.8. The zero-order valence-corrected chi connectivity index (χ0v) is 14.0. The smallest absolute Gasteiger partial charge is 0.156 e. The minimum atomic E-state index is 0.109. The Balaban J connectivity index is 1.82. The summed E-state index contributed by atoms with van der Waals surface area (Å²) in [5.41, 5.74) is 8.24. The number of carbonyl (C=O) groups excluding carboxylic acids is 1. The van der Waals surface area contributed by atoms with Crippen molar-refractivity contribution in [1.29, 1.82) is 0 Å². The van der Waals surface area contributed by atoms with E-state index in [1.807, 2.05) is 24.3 Å². The molecule has 1 aromatic heterocycles. The highest BCUT2D eigenvalue weighted by Crippen LogP contribution is 2.40. The van der Waals surface area contributed by atoms with E-state index in [4.69, 9.17) is 5.21 Å². The van der Waals surface area contributed by atoms with Crippen molar-refractivity contribution in [2.45, 2.75) is 26.2 Å². The van der Waals surface area contributed by atoms with Crippen LogP contribution in [0.1, 0.15) is 42.0 Å². The first-order valence-electron chi connectivity index (χ1n) is 8.37. The molecule has 0 saturated heterocycles. The third-order valence-corrected chi connectivity index (χ3v) is 4.97. The van der Waals surface area contributed by atoms with Gasteiger partial charge in [-0.2, -0.15) is 0 Å². The first kappa shape index (κ1) is 15.5. The average Bonchev–Trinajstić information content (AvgIpc) is 3.26. The average molecular weight is 330 g/mol. The molecule has 2 aromatic rings. The van der Waals surface area contributed by atoms with Crippen molar-refractivity contribution >= 4 is 22.6 Å². The summed E-state index contributed by atoms with van der Waals surface area (Å²) in [6.45, 7) is 1.62. The predicted molar refractivity (Wildman–Crippen MR) is 97.5 cm³/mol. The van der Waals surface area contributed by atoms with E-state index >= 15 is 0 Å². The fourth-order valence-electron chi connectivity index (χ4n) is 3.63. The van der Waals surface area contributed by atoms with Crippen LogP contribution in [0.5, 0.6) is 0 Å². The number of hydrogen-bond donors (Lipinski definition) is 1. The van der Waals surface area contributed by atoms with E-state index in [1.54, 1.807) is 19.3 Å². The number of pyridine rings is 1. The SMILES string of the molecule is CC(=O)C1=CC(c2ccncc2)=C(c2ccc3c(c2)CC/C3=N\O)C1. The van der Waals surface area contributed by atoms with Crippen LogP contribution in [0.25, 0.3) is 11.1 Å². The molecule has 0 amide bonds.